The van der Waals surface area contributed by atoms with E-state index in [-0.39, 0.29) is 85.7 Å². The third kappa shape index (κ3) is 18.7. The van der Waals surface area contributed by atoms with Gasteiger partial charge in [-0.2, -0.15) is 20.1 Å². The highest BCUT2D eigenvalue weighted by molar-refractivity contribution is 8.44. The first-order chi connectivity index (χ1) is 63.5. The Morgan fingerprint density at radius 2 is 0.791 bits per heavy atom. The predicted octanol–water partition coefficient (Wildman–Crippen LogP) is -0.877. The SMILES string of the molecule is Nc1nc2c(ncn2[C@@H]2O[C@@H]3COP(O)(=S)O[C@H]4C[C@H](c5cnc6c(=O)[nH]cnn56)O[C@@H]4COP(=O)(S)O[C@@H]2[C@@H]3F)c(=O)[nH]1.Nc1nc2c(ncn2[C@@H]2O[C@@H]3COP(O)(=S)O[C@H]4[C@H](F)[C@H](n5cnc6c(=O)[nH]cnc65)O[C@@H]4COP(O)(=S)O[C@@H]2[C@H]3F)c(=O)[nH]1.Nc1nc2c(ncn2[C@@H]2S[C@@H]3COP(O)(=S)O[C@H]4[C@H](F)[C@H](n5cnc6c(=O)[nH]cnc65)O[C@@H]4COP(O)(=S)O[C@@H]2[C@@H]3O)c(=O)[nH]1. The van der Waals surface area contributed by atoms with Gasteiger partial charge in [-0.05, 0) is 59.0 Å². The van der Waals surface area contributed by atoms with Gasteiger partial charge in [0, 0.05) is 6.42 Å². The number of rotatable bonds is 6. The number of aromatic amines is 6. The molecule has 9 aliphatic rings. The molecule has 12 aromatic rings. The quantitative estimate of drug-likeness (QED) is 0.0546. The van der Waals surface area contributed by atoms with Crippen molar-refractivity contribution in [2.75, 3.05) is 56.8 Å². The Balaban J connectivity index is 0.000000129. The monoisotopic (exact) mass is 2130 g/mol. The minimum absolute atomic E-state index is 0.00954. The smallest absolute Gasteiger partial charge is 0.386 e. The molecule has 12 aromatic heterocycles. The van der Waals surface area contributed by atoms with E-state index in [0.29, 0.717) is 5.69 Å². The van der Waals surface area contributed by atoms with Crippen molar-refractivity contribution in [3.8, 4) is 0 Å². The number of nitrogens with zero attached hydrogens (tertiary/aromatic N) is 18. The number of ether oxygens (including phenoxy) is 5. The van der Waals surface area contributed by atoms with Gasteiger partial charge in [-0.1, -0.05) is 12.2 Å². The van der Waals surface area contributed by atoms with E-state index in [1.165, 1.54) is 37.1 Å². The van der Waals surface area contributed by atoms with Crippen molar-refractivity contribution in [3.05, 3.63) is 125 Å². The molecule has 57 nitrogen and oxygen atoms in total. The highest BCUT2D eigenvalue weighted by atomic mass is 32.7. The van der Waals surface area contributed by atoms with Gasteiger partial charge in [0.1, 0.15) is 78.8 Å². The Morgan fingerprint density at radius 1 is 0.410 bits per heavy atom. The van der Waals surface area contributed by atoms with Crippen LogP contribution in [0, 0.1) is 0 Å². The molecular weight excluding hydrogens is 2070 g/mol. The summed E-state index contributed by atoms with van der Waals surface area (Å²) in [7, 11) is 0. The van der Waals surface area contributed by atoms with Gasteiger partial charge in [-0.15, -0.1) is 11.8 Å². The van der Waals surface area contributed by atoms with Gasteiger partial charge in [0.25, 0.3) is 33.4 Å². The summed E-state index contributed by atoms with van der Waals surface area (Å²) in [6.45, 7) is -29.1. The molecule has 9 aliphatic heterocycles. The molecule has 18 N–H and O–H groups in total. The summed E-state index contributed by atoms with van der Waals surface area (Å²) >= 11 is 31.0. The second kappa shape index (κ2) is 36.6. The van der Waals surface area contributed by atoms with Gasteiger partial charge in [-0.3, -0.25) is 93.7 Å². The maximum Gasteiger partial charge on any atom is 0.386 e. The Labute approximate surface area is 772 Å². The summed E-state index contributed by atoms with van der Waals surface area (Å²) in [6, 6.07) is 0. The van der Waals surface area contributed by atoms with Crippen molar-refractivity contribution in [3.63, 3.8) is 0 Å². The normalized spacial score (nSPS) is 37.3. The molecule has 6 unspecified atom stereocenters. The standard InChI is InChI=1S/C20H21F2N9O10P2S2.C20H22FN9O10P2S3.C20H22FN9O10P2S2/c21-8-6-1-36-42(34,44)40-12-7(39-18(9(12)22)30-4-26-10-14(30)24-3-25-16(10)32)2-37-43(35,45)41-13(8)19(38-6)31-5-27-11-15(31)28-20(23)29-17(11)33;21-8-12-6(38-18(8)29-4-25-9-14(29)23-3-24-16(9)32)1-36-41(34,43)40-13-11(31)7(2-37-42(35,44)39-12)45-19(13)30-5-26-10-15(30)27-20(22)28-17(10)33;21-12-11-4-36-41(33,43)39-9-1-8(7-2-23-16-18(32)24-5-26-30(7)16)37-10(9)3-35-42(34,44)40-14(12)19(38-11)29-6-25-13-15(29)27-20(22)28-17(13)31/h3-9,12-13,18-19H,1-2H2,(H,34,44)(H,35,45)(H,24,25,32)(H3,23,28,29,33);3-8,11-13,18-19,31H,1-2H2,(H,34,43)(H,35,44)(H,23,24,32)(H3,22,27,28,33);2,5-6,8-12,14,19H,1,3-4H2,(H,33,43)(H,34,44)(H,24,26,32)(H3,22,27,28,31)/t6-,7-,8+,9+,12-,13-,18-,19-,42?,43?;6-,7-,8+,11-,12-,13-,18-,19-,41?,42?;8-,9+,10-,11-,12-,14-,19-,41?,42?/m111/s1. The summed E-state index contributed by atoms with van der Waals surface area (Å²) in [5.41, 5.74) is 13.3. The molecule has 21 rings (SSSR count). The predicted molar refractivity (Wildman–Crippen MR) is 466 cm³/mol. The first-order valence-corrected chi connectivity index (χ1v) is 55.1. The van der Waals surface area contributed by atoms with E-state index in [1.807, 2.05) is 0 Å². The average molecular weight is 2130 g/mol. The molecule has 720 valence electrons. The first kappa shape index (κ1) is 95.4. The van der Waals surface area contributed by atoms with Crippen LogP contribution in [0.3, 0.4) is 0 Å². The van der Waals surface area contributed by atoms with Crippen molar-refractivity contribution >= 4 is 203 Å². The topological polar surface area (TPSA) is 754 Å². The number of nitrogen functional groups attached to an aromatic ring is 3. The Hall–Kier alpha value is -7.52. The number of thioether (sulfide) groups is 1. The van der Waals surface area contributed by atoms with E-state index in [9.17, 15) is 62.9 Å². The van der Waals surface area contributed by atoms with Gasteiger partial charge in [-0.25, -0.2) is 66.5 Å². The number of halogens is 4. The molecule has 6 bridgehead atoms. The zero-order valence-corrected chi connectivity index (χ0v) is 77.4. The summed E-state index contributed by atoms with van der Waals surface area (Å²) in [5, 5.41) is 13.5. The Kier molecular flexibility index (Phi) is 26.1. The van der Waals surface area contributed by atoms with Gasteiger partial charge in [0.05, 0.1) is 113 Å². The van der Waals surface area contributed by atoms with Crippen molar-refractivity contribution in [1.82, 2.24) is 117 Å². The molecule has 134 heavy (non-hydrogen) atoms. The van der Waals surface area contributed by atoms with Crippen molar-refractivity contribution < 1.29 is 130 Å². The molecule has 0 aliphatic carbocycles. The largest absolute Gasteiger partial charge is 0.389 e. The van der Waals surface area contributed by atoms with E-state index < -0.39 is 253 Å². The second-order valence-electron chi connectivity index (χ2n) is 30.0. The summed E-state index contributed by atoms with van der Waals surface area (Å²) < 4.78 is 180. The molecule has 29 atom stereocenters. The number of alkyl halides is 4. The molecular formula is C60H65F4N27O30P6S7. The molecule has 0 saturated carbocycles. The van der Waals surface area contributed by atoms with Crippen LogP contribution >= 0.6 is 64.4 Å². The number of aliphatic hydroxyl groups excluding tert-OH is 1. The number of hydrogen-bond donors (Lipinski definition) is 16. The van der Waals surface area contributed by atoms with Crippen molar-refractivity contribution in [1.29, 1.82) is 0 Å². The van der Waals surface area contributed by atoms with E-state index in [2.05, 4.69) is 102 Å². The molecule has 74 heteroatoms. The third-order valence-corrected chi connectivity index (χ3v) is 32.6. The summed E-state index contributed by atoms with van der Waals surface area (Å²) in [4.78, 5) is 187. The lowest BCUT2D eigenvalue weighted by Crippen LogP contribution is -2.35. The molecule has 21 heterocycles. The number of nitrogens with one attached hydrogen (secondary N) is 6. The molecule has 9 saturated heterocycles. The lowest BCUT2D eigenvalue weighted by molar-refractivity contribution is -0.0599. The number of nitrogens with two attached hydrogens (primary N) is 3. The second-order valence-corrected chi connectivity index (χ2v) is 48.2. The fraction of sp³-hybridized carbons (Fsp3) is 0.500. The van der Waals surface area contributed by atoms with Crippen LogP contribution in [0.15, 0.2) is 85.6 Å². The van der Waals surface area contributed by atoms with Crippen LogP contribution in [0.5, 0.6) is 0 Å². The fourth-order valence-corrected chi connectivity index (χ4v) is 26.0. The number of aliphatic hydroxyl groups is 1. The Morgan fingerprint density at radius 3 is 1.27 bits per heavy atom. The van der Waals surface area contributed by atoms with Gasteiger partial charge < -0.3 is 113 Å². The number of thiol groups is 1. The minimum atomic E-state index is -4.37. The number of H-pyrrole nitrogens is 6. The van der Waals surface area contributed by atoms with Gasteiger partial charge in [0.15, 0.2) is 105 Å². The van der Waals surface area contributed by atoms with E-state index in [4.69, 9.17) is 154 Å². The van der Waals surface area contributed by atoms with Crippen LogP contribution < -0.4 is 50.6 Å². The van der Waals surface area contributed by atoms with E-state index >= 15 is 17.6 Å². The maximum absolute atomic E-state index is 16.0. The van der Waals surface area contributed by atoms with Crippen LogP contribution in [0.1, 0.15) is 48.5 Å². The molecule has 0 radical (unpaired) electrons. The van der Waals surface area contributed by atoms with E-state index in [0.717, 1.165) is 58.9 Å². The van der Waals surface area contributed by atoms with Gasteiger partial charge in [0.2, 0.25) is 23.5 Å². The Bertz CT molecular complexity index is 7050. The van der Waals surface area contributed by atoms with Crippen molar-refractivity contribution in [2.24, 2.45) is 0 Å². The van der Waals surface area contributed by atoms with E-state index in [1.54, 1.807) is 0 Å². The van der Waals surface area contributed by atoms with Crippen LogP contribution in [0.2, 0.25) is 0 Å². The first-order valence-electron chi connectivity index (χ1n) is 38.5. The lowest BCUT2D eigenvalue weighted by atomic mass is 10.1. The summed E-state index contributed by atoms with van der Waals surface area (Å²) in [5.74, 6) is -0.692. The van der Waals surface area contributed by atoms with Crippen molar-refractivity contribution in [2.45, 2.75) is 146 Å². The molecule has 0 aromatic carbocycles. The van der Waals surface area contributed by atoms with Crippen LogP contribution in [-0.2, 0) is 142 Å². The molecule has 0 spiro atoms. The zero-order chi connectivity index (χ0) is 94.6. The highest BCUT2D eigenvalue weighted by Gasteiger charge is 2.58. The number of fused-ring (bicyclic) bond motifs is 15. The number of imidazole rings is 6. The zero-order valence-electron chi connectivity index (χ0n) is 66.3. The lowest BCUT2D eigenvalue weighted by Gasteiger charge is -2.28. The maximum atomic E-state index is 16.0. The third-order valence-electron chi connectivity index (χ3n) is 21.6. The van der Waals surface area contributed by atoms with Gasteiger partial charge >= 0.3 is 40.4 Å². The number of hydrogen-bond acceptors (Lipinski definition) is 46. The highest BCUT2D eigenvalue weighted by Crippen LogP contribution is 2.62. The minimum Gasteiger partial charge on any atom is -0.389 e. The van der Waals surface area contributed by atoms with Crippen LogP contribution in [0.4, 0.5) is 35.4 Å². The van der Waals surface area contributed by atoms with Crippen LogP contribution in [-0.4, -0.2) is 290 Å². The number of anilines is 3. The average Bonchev–Trinajstić information content (AvgIpc) is 1.61. The summed E-state index contributed by atoms with van der Waals surface area (Å²) in [6.07, 6.45) is -21.2. The molecule has 0 amide bonds. The fourth-order valence-electron chi connectivity index (χ4n) is 15.7. The molecule has 9 fully saturated rings. The number of aromatic nitrogens is 24. The van der Waals surface area contributed by atoms with Crippen LogP contribution in [0.25, 0.3) is 61.5 Å².